The summed E-state index contributed by atoms with van der Waals surface area (Å²) in [7, 11) is 0. The second kappa shape index (κ2) is 5.83. The van der Waals surface area contributed by atoms with E-state index in [9.17, 15) is 4.79 Å². The van der Waals surface area contributed by atoms with Crippen molar-refractivity contribution >= 4 is 23.2 Å². The number of halogens is 1. The molecule has 4 heteroatoms. The van der Waals surface area contributed by atoms with Gasteiger partial charge in [-0.05, 0) is 55.9 Å². The Kier molecular flexibility index (Phi) is 4.35. The summed E-state index contributed by atoms with van der Waals surface area (Å²) in [6, 6.07) is 7.41. The zero-order chi connectivity index (χ0) is 13.9. The van der Waals surface area contributed by atoms with Gasteiger partial charge in [0.1, 0.15) is 5.54 Å². The Morgan fingerprint density at radius 3 is 2.42 bits per heavy atom. The van der Waals surface area contributed by atoms with Crippen molar-refractivity contribution in [3.63, 3.8) is 0 Å². The molecule has 1 aliphatic carbocycles. The summed E-state index contributed by atoms with van der Waals surface area (Å²) >= 11 is 5.87. The minimum absolute atomic E-state index is 0.253. The smallest absolute Gasteiger partial charge is 0.243 e. The number of nitrogens with one attached hydrogen (secondary N) is 1. The topological polar surface area (TPSA) is 55.1 Å². The maximum absolute atomic E-state index is 11.9. The summed E-state index contributed by atoms with van der Waals surface area (Å²) in [5.41, 5.74) is 5.94. The molecule has 3 nitrogen and oxygen atoms in total. The lowest BCUT2D eigenvalue weighted by Crippen LogP contribution is -2.52. The lowest BCUT2D eigenvalue weighted by Gasteiger charge is -2.39. The molecule has 0 aromatic heterocycles. The Bertz CT molecular complexity index is 436. The number of rotatable bonds is 4. The van der Waals surface area contributed by atoms with E-state index >= 15 is 0 Å². The van der Waals surface area contributed by atoms with Gasteiger partial charge in [-0.15, -0.1) is 0 Å². The van der Waals surface area contributed by atoms with E-state index in [1.54, 1.807) is 0 Å². The lowest BCUT2D eigenvalue weighted by atomic mass is 9.75. The molecule has 0 heterocycles. The molecule has 1 aromatic rings. The van der Waals surface area contributed by atoms with Gasteiger partial charge in [0.15, 0.2) is 0 Å². The summed E-state index contributed by atoms with van der Waals surface area (Å²) in [5.74, 6) is 0.469. The van der Waals surface area contributed by atoms with Gasteiger partial charge in [-0.2, -0.15) is 0 Å². The zero-order valence-corrected chi connectivity index (χ0v) is 12.0. The maximum atomic E-state index is 11.9. The third-order valence-corrected chi connectivity index (χ3v) is 4.49. The van der Waals surface area contributed by atoms with Gasteiger partial charge in [0.05, 0.1) is 0 Å². The summed E-state index contributed by atoms with van der Waals surface area (Å²) < 4.78 is 0. The normalized spacial score (nSPS) is 26.9. The SMILES string of the molecule is CCC1CCC(Nc2ccc(Cl)cc2)(C(N)=O)CC1. The highest BCUT2D eigenvalue weighted by molar-refractivity contribution is 6.30. The number of nitrogens with two attached hydrogens (primary N) is 1. The lowest BCUT2D eigenvalue weighted by molar-refractivity contribution is -0.123. The molecule has 1 aromatic carbocycles. The first-order chi connectivity index (χ1) is 9.05. The average molecular weight is 281 g/mol. The van der Waals surface area contributed by atoms with Crippen LogP contribution in [-0.4, -0.2) is 11.4 Å². The van der Waals surface area contributed by atoms with Crippen molar-refractivity contribution in [2.45, 2.75) is 44.6 Å². The highest BCUT2D eigenvalue weighted by Crippen LogP contribution is 2.36. The van der Waals surface area contributed by atoms with Gasteiger partial charge in [-0.3, -0.25) is 4.79 Å². The number of hydrogen-bond donors (Lipinski definition) is 2. The van der Waals surface area contributed by atoms with E-state index in [1.165, 1.54) is 6.42 Å². The molecular formula is C15H21ClN2O. The van der Waals surface area contributed by atoms with Crippen molar-refractivity contribution in [2.75, 3.05) is 5.32 Å². The fraction of sp³-hybridized carbons (Fsp3) is 0.533. The fourth-order valence-corrected chi connectivity index (χ4v) is 2.95. The molecule has 0 atom stereocenters. The molecule has 0 bridgehead atoms. The van der Waals surface area contributed by atoms with Crippen molar-refractivity contribution in [3.8, 4) is 0 Å². The van der Waals surface area contributed by atoms with Gasteiger partial charge >= 0.3 is 0 Å². The Morgan fingerprint density at radius 1 is 1.37 bits per heavy atom. The van der Waals surface area contributed by atoms with Crippen LogP contribution in [-0.2, 0) is 4.79 Å². The summed E-state index contributed by atoms with van der Waals surface area (Å²) in [5, 5.41) is 4.02. The van der Waals surface area contributed by atoms with Crippen LogP contribution < -0.4 is 11.1 Å². The molecule has 0 saturated heterocycles. The molecule has 104 valence electrons. The van der Waals surface area contributed by atoms with Crippen LogP contribution in [0.5, 0.6) is 0 Å². The Balaban J connectivity index is 2.12. The highest BCUT2D eigenvalue weighted by Gasteiger charge is 2.39. The Labute approximate surface area is 119 Å². The van der Waals surface area contributed by atoms with Crippen LogP contribution >= 0.6 is 11.6 Å². The quantitative estimate of drug-likeness (QED) is 0.886. The first kappa shape index (κ1) is 14.2. The van der Waals surface area contributed by atoms with Gasteiger partial charge in [0.25, 0.3) is 0 Å². The van der Waals surface area contributed by atoms with E-state index < -0.39 is 5.54 Å². The van der Waals surface area contributed by atoms with Crippen molar-refractivity contribution in [1.82, 2.24) is 0 Å². The second-order valence-electron chi connectivity index (χ2n) is 5.43. The van der Waals surface area contributed by atoms with E-state index in [-0.39, 0.29) is 5.91 Å². The van der Waals surface area contributed by atoms with Crippen molar-refractivity contribution < 1.29 is 4.79 Å². The zero-order valence-electron chi connectivity index (χ0n) is 11.3. The number of benzene rings is 1. The van der Waals surface area contributed by atoms with E-state index in [4.69, 9.17) is 17.3 Å². The molecule has 1 amide bonds. The summed E-state index contributed by atoms with van der Waals surface area (Å²) in [6.45, 7) is 2.20. The largest absolute Gasteiger partial charge is 0.371 e. The van der Waals surface area contributed by atoms with Gasteiger partial charge in [0.2, 0.25) is 5.91 Å². The molecule has 19 heavy (non-hydrogen) atoms. The molecule has 1 fully saturated rings. The fourth-order valence-electron chi connectivity index (χ4n) is 2.82. The number of anilines is 1. The van der Waals surface area contributed by atoms with Gasteiger partial charge in [0, 0.05) is 10.7 Å². The van der Waals surface area contributed by atoms with Crippen LogP contribution in [0.3, 0.4) is 0 Å². The van der Waals surface area contributed by atoms with Gasteiger partial charge in [-0.25, -0.2) is 0 Å². The number of carbonyl (C=O) groups is 1. The van der Waals surface area contributed by atoms with Crippen LogP contribution in [0.15, 0.2) is 24.3 Å². The van der Waals surface area contributed by atoms with Crippen molar-refractivity contribution in [1.29, 1.82) is 0 Å². The van der Waals surface area contributed by atoms with E-state index in [0.717, 1.165) is 37.3 Å². The minimum atomic E-state index is -0.598. The summed E-state index contributed by atoms with van der Waals surface area (Å²) in [6.07, 6.45) is 4.91. The summed E-state index contributed by atoms with van der Waals surface area (Å²) in [4.78, 5) is 11.9. The third kappa shape index (κ3) is 3.21. The van der Waals surface area contributed by atoms with Crippen molar-refractivity contribution in [2.24, 2.45) is 11.7 Å². The molecule has 1 saturated carbocycles. The predicted octanol–water partition coefficient (Wildman–Crippen LogP) is 3.58. The number of hydrogen-bond acceptors (Lipinski definition) is 2. The number of amides is 1. The third-order valence-electron chi connectivity index (χ3n) is 4.24. The molecule has 2 rings (SSSR count). The molecule has 0 radical (unpaired) electrons. The monoisotopic (exact) mass is 280 g/mol. The minimum Gasteiger partial charge on any atom is -0.371 e. The Hall–Kier alpha value is -1.22. The van der Waals surface area contributed by atoms with Crippen LogP contribution in [0.25, 0.3) is 0 Å². The molecule has 3 N–H and O–H groups in total. The van der Waals surface area contributed by atoms with Gasteiger partial charge < -0.3 is 11.1 Å². The van der Waals surface area contributed by atoms with Crippen LogP contribution in [0.2, 0.25) is 5.02 Å². The van der Waals surface area contributed by atoms with Crippen molar-refractivity contribution in [3.05, 3.63) is 29.3 Å². The Morgan fingerprint density at radius 2 is 1.95 bits per heavy atom. The van der Waals surface area contributed by atoms with Crippen LogP contribution in [0, 0.1) is 5.92 Å². The molecule has 0 unspecified atom stereocenters. The van der Waals surface area contributed by atoms with E-state index in [2.05, 4.69) is 12.2 Å². The first-order valence-electron chi connectivity index (χ1n) is 6.89. The van der Waals surface area contributed by atoms with Gasteiger partial charge in [-0.1, -0.05) is 24.9 Å². The van der Waals surface area contributed by atoms with Crippen LogP contribution in [0.4, 0.5) is 5.69 Å². The maximum Gasteiger partial charge on any atom is 0.243 e. The first-order valence-corrected chi connectivity index (χ1v) is 7.27. The second-order valence-corrected chi connectivity index (χ2v) is 5.87. The average Bonchev–Trinajstić information content (AvgIpc) is 2.42. The molecular weight excluding hydrogens is 260 g/mol. The molecule has 0 spiro atoms. The number of carbonyl (C=O) groups excluding carboxylic acids is 1. The van der Waals surface area contributed by atoms with Crippen LogP contribution in [0.1, 0.15) is 39.0 Å². The van der Waals surface area contributed by atoms with E-state index in [0.29, 0.717) is 5.02 Å². The highest BCUT2D eigenvalue weighted by atomic mass is 35.5. The number of primary amides is 1. The molecule has 1 aliphatic rings. The van der Waals surface area contributed by atoms with E-state index in [1.807, 2.05) is 24.3 Å². The predicted molar refractivity (Wildman–Crippen MR) is 79.2 cm³/mol. The standard InChI is InChI=1S/C15H21ClN2O/c1-2-11-7-9-15(10-8-11,14(17)19)18-13-5-3-12(16)4-6-13/h3-6,11,18H,2,7-10H2,1H3,(H2,17,19). The molecule has 0 aliphatic heterocycles.